The highest BCUT2D eigenvalue weighted by atomic mass is 32.2. The minimum atomic E-state index is -3.89. The first kappa shape index (κ1) is 33.8. The van der Waals surface area contributed by atoms with Crippen LogP contribution in [0.4, 0.5) is 5.69 Å². The van der Waals surface area contributed by atoms with E-state index in [1.165, 1.54) is 40.9 Å². The Morgan fingerprint density at radius 1 is 1.21 bits per heavy atom. The van der Waals surface area contributed by atoms with E-state index in [2.05, 4.69) is 9.71 Å². The number of amides is 1. The van der Waals surface area contributed by atoms with Gasteiger partial charge in [-0.2, -0.15) is 4.31 Å². The molecule has 1 aromatic heterocycles. The third-order valence-corrected chi connectivity index (χ3v) is 9.46. The summed E-state index contributed by atoms with van der Waals surface area (Å²) in [6.45, 7) is 5.66. The highest BCUT2D eigenvalue weighted by Crippen LogP contribution is 2.29. The van der Waals surface area contributed by atoms with Gasteiger partial charge in [0.15, 0.2) is 5.03 Å². The Hall–Kier alpha value is -2.72. The summed E-state index contributed by atoms with van der Waals surface area (Å²) in [4.78, 5) is 19.5. The summed E-state index contributed by atoms with van der Waals surface area (Å²) >= 11 is 0. The van der Waals surface area contributed by atoms with Crippen molar-refractivity contribution in [2.24, 2.45) is 13.0 Å². The van der Waals surface area contributed by atoms with E-state index in [1.54, 1.807) is 24.6 Å². The predicted octanol–water partition coefficient (Wildman–Crippen LogP) is 1.91. The minimum Gasteiger partial charge on any atom is -0.490 e. The second-order valence-corrected chi connectivity index (χ2v) is 14.8. The number of carbonyl (C=O) groups excluding carboxylic acids is 1. The first-order valence-corrected chi connectivity index (χ1v) is 17.2. The smallest absolute Gasteiger partial charge is 0.261 e. The molecule has 0 radical (unpaired) electrons. The highest BCUT2D eigenvalue weighted by Gasteiger charge is 2.33. The number of hydrogen-bond acceptors (Lipinski definition) is 9. The zero-order chi connectivity index (χ0) is 31.2. The van der Waals surface area contributed by atoms with Gasteiger partial charge in [0.05, 0.1) is 43.0 Å². The number of aliphatic hydroxyl groups is 1. The molecular weight excluding hydrogens is 586 g/mol. The fourth-order valence-corrected chi connectivity index (χ4v) is 6.39. The number of nitrogens with one attached hydrogen (secondary N) is 1. The van der Waals surface area contributed by atoms with Crippen molar-refractivity contribution in [2.75, 3.05) is 44.3 Å². The molecule has 0 spiro atoms. The fourth-order valence-electron chi connectivity index (χ4n) is 4.70. The van der Waals surface area contributed by atoms with Crippen molar-refractivity contribution in [2.45, 2.75) is 63.3 Å². The van der Waals surface area contributed by atoms with E-state index in [0.29, 0.717) is 25.2 Å². The number of fused-ring (bicyclic) bond motifs is 1. The third-order valence-electron chi connectivity index (χ3n) is 7.15. The highest BCUT2D eigenvalue weighted by molar-refractivity contribution is 7.92. The summed E-state index contributed by atoms with van der Waals surface area (Å²) in [6, 6.07) is 3.92. The number of nitrogens with zero attached hydrogens (tertiary/aromatic N) is 4. The molecule has 1 aromatic carbocycles. The summed E-state index contributed by atoms with van der Waals surface area (Å²) in [5.41, 5.74) is 0.349. The normalized spacial score (nSPS) is 22.2. The van der Waals surface area contributed by atoms with Crippen LogP contribution in [0.15, 0.2) is 35.7 Å². The van der Waals surface area contributed by atoms with Crippen LogP contribution >= 0.6 is 0 Å². The van der Waals surface area contributed by atoms with Gasteiger partial charge < -0.3 is 24.0 Å². The number of carbonyl (C=O) groups is 1. The van der Waals surface area contributed by atoms with Crippen LogP contribution in [0.2, 0.25) is 0 Å². The molecule has 0 fully saturated rings. The van der Waals surface area contributed by atoms with E-state index in [-0.39, 0.29) is 48.0 Å². The van der Waals surface area contributed by atoms with E-state index in [4.69, 9.17) is 9.47 Å². The Morgan fingerprint density at radius 3 is 2.55 bits per heavy atom. The van der Waals surface area contributed by atoms with Gasteiger partial charge in [-0.1, -0.05) is 6.92 Å². The molecule has 0 saturated heterocycles. The number of benzene rings is 1. The van der Waals surface area contributed by atoms with Crippen molar-refractivity contribution in [3.8, 4) is 5.75 Å². The Balaban J connectivity index is 1.98. The van der Waals surface area contributed by atoms with Gasteiger partial charge in [0, 0.05) is 51.6 Å². The Bertz CT molecular complexity index is 1430. The number of imidazole rings is 1. The molecule has 2 heterocycles. The van der Waals surface area contributed by atoms with Crippen molar-refractivity contribution < 1.29 is 36.2 Å². The van der Waals surface area contributed by atoms with Crippen molar-refractivity contribution >= 4 is 31.6 Å². The molecule has 0 aliphatic carbocycles. The summed E-state index contributed by atoms with van der Waals surface area (Å²) in [7, 11) is -4.34. The van der Waals surface area contributed by atoms with E-state index in [1.807, 2.05) is 13.8 Å². The van der Waals surface area contributed by atoms with E-state index in [0.717, 1.165) is 12.7 Å². The zero-order valence-corrected chi connectivity index (χ0v) is 26.7. The van der Waals surface area contributed by atoms with Gasteiger partial charge in [0.25, 0.3) is 15.9 Å². The average molecular weight is 630 g/mol. The molecule has 1 amide bonds. The zero-order valence-electron chi connectivity index (χ0n) is 25.1. The maximum Gasteiger partial charge on any atom is 0.261 e. The lowest BCUT2D eigenvalue weighted by molar-refractivity contribution is -0.00835. The number of hydrogen-bond donors (Lipinski definition) is 2. The van der Waals surface area contributed by atoms with Gasteiger partial charge in [0.1, 0.15) is 5.75 Å². The Kier molecular flexibility index (Phi) is 11.4. The quantitative estimate of drug-likeness (QED) is 0.445. The average Bonchev–Trinajstić information content (AvgIpc) is 3.36. The van der Waals surface area contributed by atoms with Crippen LogP contribution in [-0.4, -0.2) is 104 Å². The molecule has 0 saturated carbocycles. The van der Waals surface area contributed by atoms with Crippen LogP contribution < -0.4 is 9.46 Å². The van der Waals surface area contributed by atoms with E-state index < -0.39 is 38.1 Å². The lowest BCUT2D eigenvalue weighted by Crippen LogP contribution is -2.48. The van der Waals surface area contributed by atoms with Gasteiger partial charge in [-0.15, -0.1) is 0 Å². The summed E-state index contributed by atoms with van der Waals surface area (Å²) in [5, 5.41) is 9.99. The number of likely N-dealkylation sites (N-methyl/N-ethyl adjacent to an activating group) is 1. The number of sulfonamides is 2. The molecule has 0 bridgehead atoms. The van der Waals surface area contributed by atoms with Crippen molar-refractivity contribution in [3.63, 3.8) is 0 Å². The fraction of sp³-hybridized carbons (Fsp3) is 0.630. The topological polar surface area (TPSA) is 160 Å². The number of aliphatic hydroxyl groups excluding tert-OH is 1. The lowest BCUT2D eigenvalue weighted by Gasteiger charge is -2.35. The number of rotatable bonds is 8. The maximum atomic E-state index is 14.1. The molecular formula is C27H43N5O8S2. The first-order chi connectivity index (χ1) is 19.6. The summed E-state index contributed by atoms with van der Waals surface area (Å²) in [5.74, 6) is -0.513. The maximum absolute atomic E-state index is 14.1. The SMILES string of the molecule is C[C@H]1CCCCO[C@H](CN(C)S(=O)(=O)c2cn(C)cn2)[C@@H](C)CN([C@@H](C)CO)C(=O)c2cc(NS(C)(=O)=O)ccc2O1. The molecule has 42 heavy (non-hydrogen) atoms. The van der Waals surface area contributed by atoms with Gasteiger partial charge in [-0.25, -0.2) is 21.8 Å². The molecule has 2 aromatic rings. The van der Waals surface area contributed by atoms with Crippen LogP contribution in [0.1, 0.15) is 50.4 Å². The Labute approximate surface area is 248 Å². The largest absolute Gasteiger partial charge is 0.490 e. The van der Waals surface area contributed by atoms with Crippen LogP contribution in [0.25, 0.3) is 0 Å². The molecule has 13 nitrogen and oxygen atoms in total. The van der Waals surface area contributed by atoms with Crippen LogP contribution in [0.5, 0.6) is 5.75 Å². The second kappa shape index (κ2) is 14.2. The molecule has 3 rings (SSSR count). The van der Waals surface area contributed by atoms with Crippen LogP contribution in [0, 0.1) is 5.92 Å². The molecule has 15 heteroatoms. The molecule has 0 unspecified atom stereocenters. The second-order valence-electron chi connectivity index (χ2n) is 11.0. The van der Waals surface area contributed by atoms with Crippen LogP contribution in [0.3, 0.4) is 0 Å². The first-order valence-electron chi connectivity index (χ1n) is 13.9. The number of aryl methyl sites for hydroxylation is 1. The van der Waals surface area contributed by atoms with E-state index in [9.17, 15) is 26.7 Å². The van der Waals surface area contributed by atoms with Gasteiger partial charge >= 0.3 is 0 Å². The number of anilines is 1. The van der Waals surface area contributed by atoms with Crippen molar-refractivity contribution in [1.29, 1.82) is 0 Å². The number of aromatic nitrogens is 2. The molecule has 4 atom stereocenters. The van der Waals surface area contributed by atoms with E-state index >= 15 is 0 Å². The molecule has 2 N–H and O–H groups in total. The van der Waals surface area contributed by atoms with Gasteiger partial charge in [-0.3, -0.25) is 9.52 Å². The predicted molar refractivity (Wildman–Crippen MR) is 158 cm³/mol. The summed E-state index contributed by atoms with van der Waals surface area (Å²) < 4.78 is 67.7. The van der Waals surface area contributed by atoms with Crippen molar-refractivity contribution in [3.05, 3.63) is 36.3 Å². The summed E-state index contributed by atoms with van der Waals surface area (Å²) in [6.07, 6.45) is 5.20. The van der Waals surface area contributed by atoms with Gasteiger partial charge in [-0.05, 0) is 51.3 Å². The van der Waals surface area contributed by atoms with Crippen molar-refractivity contribution in [1.82, 2.24) is 18.8 Å². The lowest BCUT2D eigenvalue weighted by atomic mass is 10.0. The molecule has 1 aliphatic rings. The standard InChI is InChI=1S/C27H43N5O8S2/c1-19-14-32(20(2)17-33)27(34)23-13-22(29-41(6,35)36)10-11-24(23)40-21(3)9-7-8-12-39-25(19)15-31(5)42(37,38)26-16-30(4)18-28-26/h10-11,13,16,18-21,25,29,33H,7-9,12,14-15,17H2,1-6H3/t19-,20-,21-,25+/m0/s1. The minimum absolute atomic E-state index is 0.0220. The number of ether oxygens (including phenoxy) is 2. The van der Waals surface area contributed by atoms with Crippen LogP contribution in [-0.2, 0) is 31.8 Å². The monoisotopic (exact) mass is 629 g/mol. The Morgan fingerprint density at radius 2 is 1.93 bits per heavy atom. The third kappa shape index (κ3) is 8.89. The molecule has 1 aliphatic heterocycles. The molecule has 236 valence electrons. The van der Waals surface area contributed by atoms with Gasteiger partial charge in [0.2, 0.25) is 10.0 Å².